The summed E-state index contributed by atoms with van der Waals surface area (Å²) in [7, 11) is 0. The Hall–Kier alpha value is -3.12. The van der Waals surface area contributed by atoms with Crippen molar-refractivity contribution in [1.82, 2.24) is 0 Å². The molecule has 0 fully saturated rings. The molecule has 0 aliphatic carbocycles. The van der Waals surface area contributed by atoms with Crippen molar-refractivity contribution in [2.24, 2.45) is 0 Å². The van der Waals surface area contributed by atoms with E-state index in [2.05, 4.69) is 123 Å². The third-order valence-corrected chi connectivity index (χ3v) is 6.69. The van der Waals surface area contributed by atoms with Crippen LogP contribution in [0.2, 0.25) is 0 Å². The van der Waals surface area contributed by atoms with Gasteiger partial charge in [0.05, 0.1) is 0 Å². The monoisotopic (exact) mass is 418 g/mol. The average Bonchev–Trinajstić information content (AvgIpc) is 2.87. The largest absolute Gasteiger partial charge is 0.0645 e. The van der Waals surface area contributed by atoms with Crippen molar-refractivity contribution in [1.29, 1.82) is 0 Å². The molecule has 2 atom stereocenters. The van der Waals surface area contributed by atoms with Crippen molar-refractivity contribution in [3.05, 3.63) is 143 Å². The van der Waals surface area contributed by atoms with Crippen LogP contribution < -0.4 is 0 Å². The van der Waals surface area contributed by atoms with Gasteiger partial charge in [0, 0.05) is 11.8 Å². The van der Waals surface area contributed by atoms with Crippen LogP contribution in [0.15, 0.2) is 109 Å². The summed E-state index contributed by atoms with van der Waals surface area (Å²) in [6.45, 7) is 4.55. The van der Waals surface area contributed by atoms with Gasteiger partial charge in [-0.05, 0) is 59.1 Å². The number of hydrogen-bond donors (Lipinski definition) is 0. The van der Waals surface area contributed by atoms with Gasteiger partial charge in [-0.15, -0.1) is 0 Å². The van der Waals surface area contributed by atoms with Gasteiger partial charge >= 0.3 is 0 Å². The van der Waals surface area contributed by atoms with E-state index in [4.69, 9.17) is 0 Å². The third-order valence-electron chi connectivity index (χ3n) is 6.69. The molecule has 4 aromatic rings. The molecule has 0 bridgehead atoms. The maximum absolute atomic E-state index is 2.32. The molecule has 0 heteroatoms. The van der Waals surface area contributed by atoms with Crippen molar-refractivity contribution in [2.75, 3.05) is 0 Å². The van der Waals surface area contributed by atoms with E-state index in [9.17, 15) is 0 Å². The second-order valence-corrected chi connectivity index (χ2v) is 8.73. The molecule has 0 N–H and O–H groups in total. The molecule has 32 heavy (non-hydrogen) atoms. The van der Waals surface area contributed by atoms with Gasteiger partial charge in [-0.25, -0.2) is 0 Å². The number of aryl methyl sites for hydroxylation is 2. The van der Waals surface area contributed by atoms with Gasteiger partial charge in [0.25, 0.3) is 0 Å². The molecule has 4 rings (SSSR count). The highest BCUT2D eigenvalue weighted by atomic mass is 14.2. The first kappa shape index (κ1) is 22.1. The molecule has 2 unspecified atom stereocenters. The van der Waals surface area contributed by atoms with Gasteiger partial charge in [0.15, 0.2) is 0 Å². The Morgan fingerprint density at radius 1 is 0.406 bits per heavy atom. The van der Waals surface area contributed by atoms with Crippen LogP contribution in [0.25, 0.3) is 0 Å². The fourth-order valence-electron chi connectivity index (χ4n) is 4.82. The van der Waals surface area contributed by atoms with Gasteiger partial charge in [-0.1, -0.05) is 123 Å². The van der Waals surface area contributed by atoms with Crippen LogP contribution in [-0.2, 0) is 12.8 Å². The molecule has 0 saturated carbocycles. The van der Waals surface area contributed by atoms with Crippen LogP contribution >= 0.6 is 0 Å². The maximum Gasteiger partial charge on any atom is 0.00867 e. The summed E-state index contributed by atoms with van der Waals surface area (Å²) in [6.07, 6.45) is 4.41. The van der Waals surface area contributed by atoms with Crippen LogP contribution in [0.1, 0.15) is 71.9 Å². The lowest BCUT2D eigenvalue weighted by Crippen LogP contribution is -2.01. The maximum atomic E-state index is 2.32. The second kappa shape index (κ2) is 11.0. The van der Waals surface area contributed by atoms with E-state index in [1.54, 1.807) is 0 Å². The van der Waals surface area contributed by atoms with Crippen molar-refractivity contribution in [3.8, 4) is 0 Å². The summed E-state index contributed by atoms with van der Waals surface area (Å²) in [5, 5.41) is 0. The standard InChI is InChI=1S/C32H34/c1-3-31(27-11-7-5-8-12-27)29-21-17-25(18-22-29)15-16-26-19-23-30(24-20-26)32(4-2)28-13-9-6-10-14-28/h5-14,17-24,31-32H,3-4,15-16H2,1-2H3. The zero-order chi connectivity index (χ0) is 22.2. The predicted molar refractivity (Wildman–Crippen MR) is 137 cm³/mol. The third kappa shape index (κ3) is 5.37. The molecule has 0 nitrogen and oxygen atoms in total. The van der Waals surface area contributed by atoms with E-state index in [1.807, 2.05) is 0 Å². The molecule has 0 aromatic heterocycles. The molecular formula is C32H34. The Morgan fingerprint density at radius 2 is 0.719 bits per heavy atom. The molecular weight excluding hydrogens is 384 g/mol. The van der Waals surface area contributed by atoms with Crippen LogP contribution in [0.3, 0.4) is 0 Å². The highest BCUT2D eigenvalue weighted by molar-refractivity contribution is 5.36. The zero-order valence-corrected chi connectivity index (χ0v) is 19.4. The molecule has 0 spiro atoms. The summed E-state index contributed by atoms with van der Waals surface area (Å²) < 4.78 is 0. The smallest absolute Gasteiger partial charge is 0.00867 e. The van der Waals surface area contributed by atoms with E-state index >= 15 is 0 Å². The number of benzene rings is 4. The molecule has 162 valence electrons. The zero-order valence-electron chi connectivity index (χ0n) is 19.4. The summed E-state index contributed by atoms with van der Waals surface area (Å²) in [5.74, 6) is 0.961. The fraction of sp³-hybridized carbons (Fsp3) is 0.250. The van der Waals surface area contributed by atoms with Crippen LogP contribution in [0.5, 0.6) is 0 Å². The molecule has 0 radical (unpaired) electrons. The van der Waals surface area contributed by atoms with Gasteiger partial charge in [-0.3, -0.25) is 0 Å². The Balaban J connectivity index is 1.38. The lowest BCUT2D eigenvalue weighted by molar-refractivity contribution is 0.775. The van der Waals surface area contributed by atoms with E-state index < -0.39 is 0 Å². The first-order chi connectivity index (χ1) is 15.8. The average molecular weight is 419 g/mol. The van der Waals surface area contributed by atoms with Crippen LogP contribution in [-0.4, -0.2) is 0 Å². The minimum atomic E-state index is 0.480. The van der Waals surface area contributed by atoms with E-state index in [1.165, 1.54) is 33.4 Å². The van der Waals surface area contributed by atoms with Gasteiger partial charge in [0.2, 0.25) is 0 Å². The minimum absolute atomic E-state index is 0.480. The van der Waals surface area contributed by atoms with Crippen LogP contribution in [0.4, 0.5) is 0 Å². The summed E-state index contributed by atoms with van der Waals surface area (Å²) in [5.41, 5.74) is 8.47. The van der Waals surface area contributed by atoms with Crippen molar-refractivity contribution in [3.63, 3.8) is 0 Å². The number of rotatable bonds is 9. The van der Waals surface area contributed by atoms with Gasteiger partial charge in [0.1, 0.15) is 0 Å². The Labute approximate surface area is 194 Å². The van der Waals surface area contributed by atoms with Crippen molar-refractivity contribution in [2.45, 2.75) is 51.4 Å². The summed E-state index contributed by atoms with van der Waals surface area (Å²) in [6, 6.07) is 40.3. The molecule has 0 saturated heterocycles. The molecule has 4 aromatic carbocycles. The van der Waals surface area contributed by atoms with E-state index in [0.717, 1.165) is 25.7 Å². The SMILES string of the molecule is CCC(c1ccccc1)c1ccc(CCc2ccc(C(CC)c3ccccc3)cc2)cc1. The van der Waals surface area contributed by atoms with Crippen molar-refractivity contribution >= 4 is 0 Å². The lowest BCUT2D eigenvalue weighted by atomic mass is 9.88. The highest BCUT2D eigenvalue weighted by Gasteiger charge is 2.13. The van der Waals surface area contributed by atoms with E-state index in [0.29, 0.717) is 11.8 Å². The summed E-state index contributed by atoms with van der Waals surface area (Å²) >= 11 is 0. The fourth-order valence-corrected chi connectivity index (χ4v) is 4.82. The lowest BCUT2D eigenvalue weighted by Gasteiger charge is -2.17. The van der Waals surface area contributed by atoms with Crippen LogP contribution in [0, 0.1) is 0 Å². The van der Waals surface area contributed by atoms with Crippen molar-refractivity contribution < 1.29 is 0 Å². The Kier molecular flexibility index (Phi) is 7.56. The second-order valence-electron chi connectivity index (χ2n) is 8.73. The molecule has 0 amide bonds. The minimum Gasteiger partial charge on any atom is -0.0645 e. The Morgan fingerprint density at radius 3 is 1.03 bits per heavy atom. The number of hydrogen-bond acceptors (Lipinski definition) is 0. The van der Waals surface area contributed by atoms with E-state index in [-0.39, 0.29) is 0 Å². The Bertz CT molecular complexity index is 969. The molecule has 0 heterocycles. The van der Waals surface area contributed by atoms with Gasteiger partial charge < -0.3 is 0 Å². The first-order valence-corrected chi connectivity index (χ1v) is 12.1. The first-order valence-electron chi connectivity index (χ1n) is 12.1. The normalized spacial score (nSPS) is 12.9. The predicted octanol–water partition coefficient (Wildman–Crippen LogP) is 8.56. The van der Waals surface area contributed by atoms with Gasteiger partial charge in [-0.2, -0.15) is 0 Å². The quantitative estimate of drug-likeness (QED) is 0.255. The molecule has 0 aliphatic heterocycles. The molecule has 0 aliphatic rings. The highest BCUT2D eigenvalue weighted by Crippen LogP contribution is 2.29. The summed E-state index contributed by atoms with van der Waals surface area (Å²) in [4.78, 5) is 0. The topological polar surface area (TPSA) is 0 Å².